The highest BCUT2D eigenvalue weighted by Gasteiger charge is 2.31. The Bertz CT molecular complexity index is 496. The Kier molecular flexibility index (Phi) is 4.54. The number of hydrogen-bond donors (Lipinski definition) is 1. The molecule has 6 heteroatoms. The highest BCUT2D eigenvalue weighted by Crippen LogP contribution is 2.29. The third kappa shape index (κ3) is 3.13. The van der Waals surface area contributed by atoms with Crippen molar-refractivity contribution in [2.75, 3.05) is 13.7 Å². The van der Waals surface area contributed by atoms with Gasteiger partial charge in [-0.15, -0.1) is 0 Å². The van der Waals surface area contributed by atoms with Crippen LogP contribution >= 0.6 is 0 Å². The maximum Gasteiger partial charge on any atom is 0.244 e. The molecule has 0 bridgehead atoms. The molecule has 1 fully saturated rings. The van der Waals surface area contributed by atoms with Crippen molar-refractivity contribution in [3.05, 3.63) is 24.5 Å². The molecule has 1 aliphatic carbocycles. The summed E-state index contributed by atoms with van der Waals surface area (Å²) in [5, 5.41) is 9.11. The Morgan fingerprint density at radius 3 is 2.58 bits per heavy atom. The van der Waals surface area contributed by atoms with Gasteiger partial charge in [-0.05, 0) is 43.7 Å². The summed E-state index contributed by atoms with van der Waals surface area (Å²) >= 11 is 0. The fourth-order valence-corrected chi connectivity index (χ4v) is 3.93. The van der Waals surface area contributed by atoms with Gasteiger partial charge in [-0.25, -0.2) is 8.42 Å². The first-order valence-corrected chi connectivity index (χ1v) is 7.98. The summed E-state index contributed by atoms with van der Waals surface area (Å²) < 4.78 is 26.3. The largest absolute Gasteiger partial charge is 0.396 e. The Labute approximate surface area is 114 Å². The van der Waals surface area contributed by atoms with Gasteiger partial charge in [-0.1, -0.05) is 0 Å². The Balaban J connectivity index is 2.10. The fraction of sp³-hybridized carbons (Fsp3) is 0.615. The van der Waals surface area contributed by atoms with Crippen LogP contribution in [0.2, 0.25) is 0 Å². The molecule has 1 saturated carbocycles. The second-order valence-electron chi connectivity index (χ2n) is 5.07. The number of nitrogens with zero attached hydrogens (tertiary/aromatic N) is 2. The average molecular weight is 284 g/mol. The molecule has 5 nitrogen and oxygen atoms in total. The van der Waals surface area contributed by atoms with Crippen molar-refractivity contribution >= 4 is 10.0 Å². The fourth-order valence-electron chi connectivity index (χ4n) is 2.55. The van der Waals surface area contributed by atoms with Crippen LogP contribution in [0, 0.1) is 5.92 Å². The van der Waals surface area contributed by atoms with E-state index < -0.39 is 10.0 Å². The molecule has 0 saturated heterocycles. The molecule has 0 spiro atoms. The molecule has 19 heavy (non-hydrogen) atoms. The molecule has 1 heterocycles. The third-order valence-corrected chi connectivity index (χ3v) is 5.79. The Morgan fingerprint density at radius 2 is 2.05 bits per heavy atom. The van der Waals surface area contributed by atoms with Gasteiger partial charge in [0.25, 0.3) is 0 Å². The smallest absolute Gasteiger partial charge is 0.244 e. The standard InChI is InChI=1S/C13H20N2O3S/c1-15(12-6-4-11(10-16)5-7-12)19(17,18)13-3-2-8-14-9-13/h2-3,8-9,11-12,16H,4-7,10H2,1H3. The zero-order valence-corrected chi connectivity index (χ0v) is 11.9. The highest BCUT2D eigenvalue weighted by molar-refractivity contribution is 7.89. The molecule has 0 aliphatic heterocycles. The molecule has 0 atom stereocenters. The summed E-state index contributed by atoms with van der Waals surface area (Å²) in [5.41, 5.74) is 0. The predicted octanol–water partition coefficient (Wildman–Crippen LogP) is 1.25. The van der Waals surface area contributed by atoms with Crippen molar-refractivity contribution in [2.24, 2.45) is 5.92 Å². The van der Waals surface area contributed by atoms with Crippen LogP contribution in [0.4, 0.5) is 0 Å². The first-order chi connectivity index (χ1) is 9.05. The van der Waals surface area contributed by atoms with Crippen molar-refractivity contribution in [1.29, 1.82) is 0 Å². The monoisotopic (exact) mass is 284 g/mol. The van der Waals surface area contributed by atoms with Crippen LogP contribution in [-0.4, -0.2) is 42.5 Å². The van der Waals surface area contributed by atoms with Gasteiger partial charge >= 0.3 is 0 Å². The van der Waals surface area contributed by atoms with Gasteiger partial charge in [0.2, 0.25) is 10.0 Å². The van der Waals surface area contributed by atoms with E-state index in [2.05, 4.69) is 4.98 Å². The van der Waals surface area contributed by atoms with E-state index in [9.17, 15) is 8.42 Å². The SMILES string of the molecule is CN(C1CCC(CO)CC1)S(=O)(=O)c1cccnc1. The molecule has 1 N–H and O–H groups in total. The number of sulfonamides is 1. The number of pyridine rings is 1. The van der Waals surface area contributed by atoms with Crippen LogP contribution in [0.25, 0.3) is 0 Å². The lowest BCUT2D eigenvalue weighted by Gasteiger charge is -2.33. The van der Waals surface area contributed by atoms with Crippen molar-refractivity contribution in [3.8, 4) is 0 Å². The van der Waals surface area contributed by atoms with E-state index in [0.717, 1.165) is 25.7 Å². The number of hydrogen-bond acceptors (Lipinski definition) is 4. The van der Waals surface area contributed by atoms with Crippen molar-refractivity contribution in [3.63, 3.8) is 0 Å². The minimum absolute atomic E-state index is 0.0213. The van der Waals surface area contributed by atoms with Crippen molar-refractivity contribution in [2.45, 2.75) is 36.6 Å². The summed E-state index contributed by atoms with van der Waals surface area (Å²) in [6, 6.07) is 3.22. The van der Waals surface area contributed by atoms with Crippen LogP contribution < -0.4 is 0 Å². The molecule has 1 aliphatic rings. The highest BCUT2D eigenvalue weighted by atomic mass is 32.2. The predicted molar refractivity (Wildman–Crippen MR) is 72.0 cm³/mol. The number of aromatic nitrogens is 1. The summed E-state index contributed by atoms with van der Waals surface area (Å²) in [6.45, 7) is 0.200. The molecular weight excluding hydrogens is 264 g/mol. The van der Waals surface area contributed by atoms with Gasteiger partial charge in [0.15, 0.2) is 0 Å². The summed E-state index contributed by atoms with van der Waals surface area (Å²) in [4.78, 5) is 4.10. The average Bonchev–Trinajstić information content (AvgIpc) is 2.47. The minimum Gasteiger partial charge on any atom is -0.396 e. The molecule has 0 aromatic carbocycles. The quantitative estimate of drug-likeness (QED) is 0.903. The van der Waals surface area contributed by atoms with E-state index in [0.29, 0.717) is 5.92 Å². The zero-order chi connectivity index (χ0) is 13.9. The summed E-state index contributed by atoms with van der Waals surface area (Å²) in [6.07, 6.45) is 6.32. The van der Waals surface area contributed by atoms with Gasteiger partial charge in [0.05, 0.1) is 0 Å². The van der Waals surface area contributed by atoms with Crippen LogP contribution in [0.5, 0.6) is 0 Å². The second kappa shape index (κ2) is 5.98. The summed E-state index contributed by atoms with van der Waals surface area (Å²) in [5.74, 6) is 0.325. The molecule has 106 valence electrons. The van der Waals surface area contributed by atoms with Gasteiger partial charge < -0.3 is 5.11 Å². The van der Waals surface area contributed by atoms with Crippen molar-refractivity contribution in [1.82, 2.24) is 9.29 Å². The number of aliphatic hydroxyl groups is 1. The zero-order valence-electron chi connectivity index (χ0n) is 11.1. The molecule has 0 unspecified atom stereocenters. The topological polar surface area (TPSA) is 70.5 Å². The lowest BCUT2D eigenvalue weighted by atomic mass is 9.87. The molecule has 1 aromatic heterocycles. The first-order valence-electron chi connectivity index (χ1n) is 6.54. The van der Waals surface area contributed by atoms with Crippen LogP contribution in [-0.2, 0) is 10.0 Å². The normalized spacial score (nSPS) is 24.6. The third-order valence-electron chi connectivity index (χ3n) is 3.90. The summed E-state index contributed by atoms with van der Waals surface area (Å²) in [7, 11) is -1.82. The van der Waals surface area contributed by atoms with E-state index in [1.54, 1.807) is 25.4 Å². The van der Waals surface area contributed by atoms with E-state index in [4.69, 9.17) is 5.11 Å². The lowest BCUT2D eigenvalue weighted by Crippen LogP contribution is -2.39. The molecule has 2 rings (SSSR count). The Hall–Kier alpha value is -0.980. The molecule has 0 radical (unpaired) electrons. The van der Waals surface area contributed by atoms with Gasteiger partial charge in [-0.2, -0.15) is 4.31 Å². The van der Waals surface area contributed by atoms with E-state index in [-0.39, 0.29) is 17.5 Å². The number of aliphatic hydroxyl groups excluding tert-OH is 1. The van der Waals surface area contributed by atoms with Crippen LogP contribution in [0.3, 0.4) is 0 Å². The minimum atomic E-state index is -3.45. The molecule has 0 amide bonds. The van der Waals surface area contributed by atoms with E-state index in [1.165, 1.54) is 10.5 Å². The number of rotatable bonds is 4. The van der Waals surface area contributed by atoms with Crippen LogP contribution in [0.15, 0.2) is 29.4 Å². The maximum atomic E-state index is 12.4. The van der Waals surface area contributed by atoms with Crippen molar-refractivity contribution < 1.29 is 13.5 Å². The molecular formula is C13H20N2O3S. The maximum absolute atomic E-state index is 12.4. The van der Waals surface area contributed by atoms with E-state index in [1.807, 2.05) is 0 Å². The molecule has 1 aromatic rings. The first kappa shape index (κ1) is 14.4. The second-order valence-corrected chi connectivity index (χ2v) is 7.06. The Morgan fingerprint density at radius 1 is 1.37 bits per heavy atom. The van der Waals surface area contributed by atoms with Gasteiger partial charge in [0.1, 0.15) is 4.90 Å². The van der Waals surface area contributed by atoms with Crippen LogP contribution in [0.1, 0.15) is 25.7 Å². The van der Waals surface area contributed by atoms with Gasteiger partial charge in [-0.3, -0.25) is 4.98 Å². The van der Waals surface area contributed by atoms with Gasteiger partial charge in [0, 0.05) is 32.1 Å². The lowest BCUT2D eigenvalue weighted by molar-refractivity contribution is 0.159. The van der Waals surface area contributed by atoms with E-state index >= 15 is 0 Å².